The standard InChI is InChI=1S/C18H36N2O4/c1-7-8-14(4)10-17(22)19-11-15(21)12-20(5)18(23)16(24-6)9-13(2)3/h13-16,21H,7-12H2,1-6H3,(H,19,22). The van der Waals surface area contributed by atoms with Gasteiger partial charge in [-0.15, -0.1) is 0 Å². The Labute approximate surface area is 146 Å². The summed E-state index contributed by atoms with van der Waals surface area (Å²) in [5.74, 6) is 0.489. The number of carbonyl (C=O) groups excluding carboxylic acids is 2. The van der Waals surface area contributed by atoms with E-state index in [1.54, 1.807) is 7.05 Å². The van der Waals surface area contributed by atoms with E-state index in [4.69, 9.17) is 4.74 Å². The third kappa shape index (κ3) is 9.88. The number of likely N-dealkylation sites (N-methyl/N-ethyl adjacent to an activating group) is 1. The summed E-state index contributed by atoms with van der Waals surface area (Å²) in [6.45, 7) is 8.52. The van der Waals surface area contributed by atoms with Gasteiger partial charge < -0.3 is 20.1 Å². The minimum Gasteiger partial charge on any atom is -0.389 e. The van der Waals surface area contributed by atoms with Crippen molar-refractivity contribution in [3.63, 3.8) is 0 Å². The van der Waals surface area contributed by atoms with Gasteiger partial charge in [-0.2, -0.15) is 0 Å². The Hall–Kier alpha value is -1.14. The minimum absolute atomic E-state index is 0.0569. The van der Waals surface area contributed by atoms with E-state index >= 15 is 0 Å². The SMILES string of the molecule is CCCC(C)CC(=O)NCC(O)CN(C)C(=O)C(CC(C)C)OC. The normalized spacial score (nSPS) is 15.0. The number of nitrogens with zero attached hydrogens (tertiary/aromatic N) is 1. The molecule has 0 aliphatic carbocycles. The Morgan fingerprint density at radius 1 is 1.25 bits per heavy atom. The van der Waals surface area contributed by atoms with Gasteiger partial charge in [0.25, 0.3) is 5.91 Å². The molecule has 3 unspecified atom stereocenters. The number of rotatable bonds is 12. The van der Waals surface area contributed by atoms with Gasteiger partial charge in [-0.25, -0.2) is 0 Å². The van der Waals surface area contributed by atoms with Crippen molar-refractivity contribution in [1.29, 1.82) is 0 Å². The highest BCUT2D eigenvalue weighted by atomic mass is 16.5. The van der Waals surface area contributed by atoms with Gasteiger partial charge in [0, 0.05) is 33.7 Å². The number of ether oxygens (including phenoxy) is 1. The molecule has 142 valence electrons. The summed E-state index contributed by atoms with van der Waals surface area (Å²) in [4.78, 5) is 25.6. The molecular weight excluding hydrogens is 308 g/mol. The van der Waals surface area contributed by atoms with Gasteiger partial charge in [0.2, 0.25) is 5.91 Å². The Bertz CT molecular complexity index is 374. The van der Waals surface area contributed by atoms with E-state index in [2.05, 4.69) is 12.2 Å². The molecule has 0 aromatic carbocycles. The second kappa shape index (κ2) is 12.3. The summed E-state index contributed by atoms with van der Waals surface area (Å²) in [5, 5.41) is 12.8. The van der Waals surface area contributed by atoms with Crippen molar-refractivity contribution in [3.8, 4) is 0 Å². The van der Waals surface area contributed by atoms with E-state index in [-0.39, 0.29) is 24.9 Å². The van der Waals surface area contributed by atoms with Crippen LogP contribution in [0.5, 0.6) is 0 Å². The molecule has 0 heterocycles. The largest absolute Gasteiger partial charge is 0.389 e. The molecule has 0 aliphatic heterocycles. The molecular formula is C18H36N2O4. The molecule has 3 atom stereocenters. The second-order valence-electron chi connectivity index (χ2n) is 7.13. The molecule has 0 aliphatic rings. The van der Waals surface area contributed by atoms with Crippen LogP contribution in [0.15, 0.2) is 0 Å². The van der Waals surface area contributed by atoms with Crippen molar-refractivity contribution in [2.24, 2.45) is 11.8 Å². The summed E-state index contributed by atoms with van der Waals surface area (Å²) in [6.07, 6.45) is 1.90. The van der Waals surface area contributed by atoms with Crippen LogP contribution in [-0.2, 0) is 14.3 Å². The molecule has 0 aromatic rings. The van der Waals surface area contributed by atoms with Crippen molar-refractivity contribution >= 4 is 11.8 Å². The first kappa shape index (κ1) is 22.9. The summed E-state index contributed by atoms with van der Waals surface area (Å²) >= 11 is 0. The fourth-order valence-corrected chi connectivity index (χ4v) is 2.66. The van der Waals surface area contributed by atoms with Crippen LogP contribution in [0, 0.1) is 11.8 Å². The summed E-state index contributed by atoms with van der Waals surface area (Å²) in [7, 11) is 3.16. The number of carbonyl (C=O) groups is 2. The van der Waals surface area contributed by atoms with E-state index in [1.807, 2.05) is 20.8 Å². The van der Waals surface area contributed by atoms with Gasteiger partial charge in [-0.05, 0) is 18.3 Å². The highest BCUT2D eigenvalue weighted by Gasteiger charge is 2.24. The highest BCUT2D eigenvalue weighted by molar-refractivity contribution is 5.80. The molecule has 0 saturated heterocycles. The topological polar surface area (TPSA) is 78.9 Å². The minimum atomic E-state index is -0.791. The maximum absolute atomic E-state index is 12.3. The van der Waals surface area contributed by atoms with Gasteiger partial charge in [0.1, 0.15) is 6.10 Å². The average molecular weight is 344 g/mol. The van der Waals surface area contributed by atoms with Crippen LogP contribution >= 0.6 is 0 Å². The highest BCUT2D eigenvalue weighted by Crippen LogP contribution is 2.11. The number of amides is 2. The zero-order valence-corrected chi connectivity index (χ0v) is 16.2. The van der Waals surface area contributed by atoms with Crippen LogP contribution < -0.4 is 5.32 Å². The fraction of sp³-hybridized carbons (Fsp3) is 0.889. The van der Waals surface area contributed by atoms with Crippen LogP contribution in [-0.4, -0.2) is 61.3 Å². The summed E-state index contributed by atoms with van der Waals surface area (Å²) in [5.41, 5.74) is 0. The first-order valence-electron chi connectivity index (χ1n) is 8.93. The molecule has 0 spiro atoms. The van der Waals surface area contributed by atoms with Crippen LogP contribution in [0.25, 0.3) is 0 Å². The molecule has 24 heavy (non-hydrogen) atoms. The van der Waals surface area contributed by atoms with Crippen molar-refractivity contribution in [3.05, 3.63) is 0 Å². The van der Waals surface area contributed by atoms with Gasteiger partial charge in [-0.1, -0.05) is 40.5 Å². The van der Waals surface area contributed by atoms with Gasteiger partial charge in [0.05, 0.1) is 6.10 Å². The van der Waals surface area contributed by atoms with Crippen LogP contribution in [0.3, 0.4) is 0 Å². The predicted octanol–water partition coefficient (Wildman–Crippen LogP) is 1.81. The zero-order valence-electron chi connectivity index (χ0n) is 16.2. The maximum atomic E-state index is 12.3. The molecule has 6 heteroatoms. The molecule has 2 amide bonds. The molecule has 0 saturated carbocycles. The molecule has 0 rings (SSSR count). The first-order chi connectivity index (χ1) is 11.2. The number of methoxy groups -OCH3 is 1. The van der Waals surface area contributed by atoms with E-state index in [0.717, 1.165) is 12.8 Å². The summed E-state index contributed by atoms with van der Waals surface area (Å²) in [6, 6.07) is 0. The number of hydrogen-bond donors (Lipinski definition) is 2. The quantitative estimate of drug-likeness (QED) is 0.566. The molecule has 0 bridgehead atoms. The van der Waals surface area contributed by atoms with Crippen LogP contribution in [0.2, 0.25) is 0 Å². The van der Waals surface area contributed by atoms with Crippen molar-refractivity contribution < 1.29 is 19.4 Å². The monoisotopic (exact) mass is 344 g/mol. The Morgan fingerprint density at radius 3 is 2.38 bits per heavy atom. The lowest BCUT2D eigenvalue weighted by molar-refractivity contribution is -0.142. The lowest BCUT2D eigenvalue weighted by Crippen LogP contribution is -2.45. The van der Waals surface area contributed by atoms with Crippen molar-refractivity contribution in [2.75, 3.05) is 27.2 Å². The van der Waals surface area contributed by atoms with E-state index < -0.39 is 12.2 Å². The third-order valence-electron chi connectivity index (χ3n) is 3.96. The Morgan fingerprint density at radius 2 is 1.88 bits per heavy atom. The third-order valence-corrected chi connectivity index (χ3v) is 3.96. The second-order valence-corrected chi connectivity index (χ2v) is 7.13. The van der Waals surface area contributed by atoms with Gasteiger partial charge in [-0.3, -0.25) is 9.59 Å². The predicted molar refractivity (Wildman–Crippen MR) is 95.6 cm³/mol. The number of aliphatic hydroxyl groups excluding tert-OH is 1. The lowest BCUT2D eigenvalue weighted by Gasteiger charge is -2.26. The first-order valence-corrected chi connectivity index (χ1v) is 8.93. The molecule has 0 aromatic heterocycles. The Balaban J connectivity index is 4.23. The average Bonchev–Trinajstić information content (AvgIpc) is 2.49. The Kier molecular flexibility index (Phi) is 11.7. The zero-order chi connectivity index (χ0) is 18.7. The van der Waals surface area contributed by atoms with Crippen molar-refractivity contribution in [2.45, 2.75) is 65.6 Å². The maximum Gasteiger partial charge on any atom is 0.251 e. The molecule has 0 fully saturated rings. The van der Waals surface area contributed by atoms with Crippen LogP contribution in [0.4, 0.5) is 0 Å². The van der Waals surface area contributed by atoms with E-state index in [0.29, 0.717) is 24.7 Å². The number of hydrogen-bond acceptors (Lipinski definition) is 4. The van der Waals surface area contributed by atoms with E-state index in [1.165, 1.54) is 12.0 Å². The van der Waals surface area contributed by atoms with E-state index in [9.17, 15) is 14.7 Å². The number of aliphatic hydroxyl groups is 1. The fourth-order valence-electron chi connectivity index (χ4n) is 2.66. The molecule has 0 radical (unpaired) electrons. The smallest absolute Gasteiger partial charge is 0.251 e. The molecule has 6 nitrogen and oxygen atoms in total. The van der Waals surface area contributed by atoms with Crippen LogP contribution in [0.1, 0.15) is 53.4 Å². The van der Waals surface area contributed by atoms with Gasteiger partial charge in [0.15, 0.2) is 0 Å². The number of nitrogens with one attached hydrogen (secondary N) is 1. The van der Waals surface area contributed by atoms with Gasteiger partial charge >= 0.3 is 0 Å². The lowest BCUT2D eigenvalue weighted by atomic mass is 10.0. The van der Waals surface area contributed by atoms with Crippen molar-refractivity contribution in [1.82, 2.24) is 10.2 Å². The molecule has 2 N–H and O–H groups in total. The summed E-state index contributed by atoms with van der Waals surface area (Å²) < 4.78 is 5.25.